The van der Waals surface area contributed by atoms with E-state index in [1.54, 1.807) is 7.11 Å². The average Bonchev–Trinajstić information content (AvgIpc) is 3.48. The largest absolute Gasteiger partial charge is 0.493 e. The summed E-state index contributed by atoms with van der Waals surface area (Å²) in [6.07, 6.45) is 2.53. The Kier molecular flexibility index (Phi) is 8.91. The van der Waals surface area contributed by atoms with Crippen molar-refractivity contribution >= 4 is 11.9 Å². The fourth-order valence-corrected chi connectivity index (χ4v) is 2.44. The summed E-state index contributed by atoms with van der Waals surface area (Å²) in [5.74, 6) is 2.12. The summed E-state index contributed by atoms with van der Waals surface area (Å²) >= 11 is 0. The first-order valence-corrected chi connectivity index (χ1v) is 9.62. The highest BCUT2D eigenvalue weighted by atomic mass is 16.5. The Morgan fingerprint density at radius 1 is 1.26 bits per heavy atom. The van der Waals surface area contributed by atoms with Gasteiger partial charge in [0.05, 0.1) is 26.3 Å². The molecule has 0 spiro atoms. The first-order valence-electron chi connectivity index (χ1n) is 9.62. The maximum absolute atomic E-state index is 11.8. The molecular weight excluding hydrogens is 344 g/mol. The molecule has 0 aromatic heterocycles. The zero-order chi connectivity index (χ0) is 19.5. The predicted octanol–water partition coefficient (Wildman–Crippen LogP) is 1.60. The van der Waals surface area contributed by atoms with Crippen LogP contribution in [0, 0.1) is 12.8 Å². The van der Waals surface area contributed by atoms with Crippen LogP contribution < -0.4 is 20.7 Å². The molecule has 0 saturated heterocycles. The Labute approximate surface area is 161 Å². The number of carbonyl (C=O) groups is 1. The van der Waals surface area contributed by atoms with Gasteiger partial charge in [-0.05, 0) is 44.2 Å². The number of hydrogen-bond acceptors (Lipinski definition) is 4. The van der Waals surface area contributed by atoms with Crippen LogP contribution in [0.2, 0.25) is 0 Å². The molecule has 7 nitrogen and oxygen atoms in total. The molecule has 0 atom stereocenters. The summed E-state index contributed by atoms with van der Waals surface area (Å²) in [4.78, 5) is 16.4. The first-order chi connectivity index (χ1) is 13.1. The van der Waals surface area contributed by atoms with Gasteiger partial charge in [-0.3, -0.25) is 4.79 Å². The van der Waals surface area contributed by atoms with Crippen LogP contribution in [0.4, 0.5) is 0 Å². The maximum Gasteiger partial charge on any atom is 0.239 e. The molecule has 1 aliphatic rings. The molecule has 3 N–H and O–H groups in total. The van der Waals surface area contributed by atoms with Gasteiger partial charge >= 0.3 is 0 Å². The van der Waals surface area contributed by atoms with Crippen molar-refractivity contribution in [2.24, 2.45) is 10.9 Å². The van der Waals surface area contributed by atoms with Crippen molar-refractivity contribution in [3.63, 3.8) is 0 Å². The lowest BCUT2D eigenvalue weighted by Crippen LogP contribution is -2.43. The van der Waals surface area contributed by atoms with Crippen LogP contribution in [0.3, 0.4) is 0 Å². The molecule has 0 bridgehead atoms. The number of aliphatic imine (C=N–C) groups is 1. The van der Waals surface area contributed by atoms with Gasteiger partial charge in [-0.15, -0.1) is 0 Å². The number of guanidine groups is 1. The van der Waals surface area contributed by atoms with Crippen molar-refractivity contribution in [2.45, 2.75) is 33.2 Å². The second-order valence-electron chi connectivity index (χ2n) is 6.76. The zero-order valence-corrected chi connectivity index (χ0v) is 16.6. The number of methoxy groups -OCH3 is 1. The van der Waals surface area contributed by atoms with Crippen LogP contribution in [-0.2, 0) is 16.1 Å². The number of carbonyl (C=O) groups excluding carboxylic acids is 1. The number of nitrogens with zero attached hydrogens (tertiary/aromatic N) is 1. The van der Waals surface area contributed by atoms with Gasteiger partial charge in [-0.1, -0.05) is 12.1 Å². The molecule has 1 aliphatic carbocycles. The van der Waals surface area contributed by atoms with Crippen molar-refractivity contribution in [3.05, 3.63) is 29.3 Å². The van der Waals surface area contributed by atoms with Crippen LogP contribution in [0.1, 0.15) is 30.9 Å². The van der Waals surface area contributed by atoms with Gasteiger partial charge in [0.1, 0.15) is 5.75 Å². The van der Waals surface area contributed by atoms with Gasteiger partial charge in [0.25, 0.3) is 0 Å². The minimum absolute atomic E-state index is 0.0959. The molecule has 0 aliphatic heterocycles. The molecule has 0 heterocycles. The predicted molar refractivity (Wildman–Crippen MR) is 107 cm³/mol. The van der Waals surface area contributed by atoms with Crippen molar-refractivity contribution < 1.29 is 14.3 Å². The number of aryl methyl sites for hydroxylation is 1. The highest BCUT2D eigenvalue weighted by molar-refractivity contribution is 5.86. The smallest absolute Gasteiger partial charge is 0.239 e. The normalized spacial score (nSPS) is 14.0. The van der Waals surface area contributed by atoms with Crippen LogP contribution in [0.5, 0.6) is 5.75 Å². The maximum atomic E-state index is 11.8. The minimum Gasteiger partial charge on any atom is -0.493 e. The fourth-order valence-electron chi connectivity index (χ4n) is 2.44. The van der Waals surface area contributed by atoms with Gasteiger partial charge in [-0.25, -0.2) is 4.99 Å². The molecule has 150 valence electrons. The summed E-state index contributed by atoms with van der Waals surface area (Å²) in [5.41, 5.74) is 2.22. The van der Waals surface area contributed by atoms with Crippen molar-refractivity contribution in [1.29, 1.82) is 0 Å². The molecule has 2 rings (SSSR count). The highest BCUT2D eigenvalue weighted by Crippen LogP contribution is 2.30. The summed E-state index contributed by atoms with van der Waals surface area (Å²) in [5, 5.41) is 8.99. The number of amides is 1. The van der Waals surface area contributed by atoms with Gasteiger partial charge in [0.2, 0.25) is 5.91 Å². The first kappa shape index (κ1) is 21.0. The molecule has 1 amide bonds. The van der Waals surface area contributed by atoms with E-state index >= 15 is 0 Å². The minimum atomic E-state index is -0.0959. The molecule has 1 fully saturated rings. The molecule has 1 aromatic rings. The van der Waals surface area contributed by atoms with E-state index in [1.165, 1.54) is 18.4 Å². The molecule has 1 aromatic carbocycles. The number of nitrogens with one attached hydrogen (secondary N) is 3. The quantitative estimate of drug-likeness (QED) is 0.310. The Bertz CT molecular complexity index is 630. The molecular formula is C20H32N4O3. The third-order valence-electron chi connectivity index (χ3n) is 4.19. The van der Waals surface area contributed by atoms with E-state index in [2.05, 4.69) is 46.1 Å². The van der Waals surface area contributed by atoms with E-state index in [0.29, 0.717) is 31.6 Å². The number of rotatable bonds is 11. The van der Waals surface area contributed by atoms with Gasteiger partial charge in [0.15, 0.2) is 5.96 Å². The monoisotopic (exact) mass is 376 g/mol. The van der Waals surface area contributed by atoms with Gasteiger partial charge in [0, 0.05) is 25.8 Å². The third kappa shape index (κ3) is 8.30. The van der Waals surface area contributed by atoms with E-state index < -0.39 is 0 Å². The second-order valence-corrected chi connectivity index (χ2v) is 6.76. The average molecular weight is 377 g/mol. The Morgan fingerprint density at radius 2 is 2.07 bits per heavy atom. The molecule has 0 radical (unpaired) electrons. The number of benzene rings is 1. The number of hydrogen-bond donors (Lipinski definition) is 3. The Balaban J connectivity index is 1.91. The SMILES string of the molecule is CCNC(=NCc1ccc(C)cc1OCC1CC1)NCC(=O)NCCOC. The number of ether oxygens (including phenoxy) is 2. The van der Waals surface area contributed by atoms with Crippen molar-refractivity contribution in [1.82, 2.24) is 16.0 Å². The zero-order valence-electron chi connectivity index (χ0n) is 16.6. The van der Waals surface area contributed by atoms with E-state index in [0.717, 1.165) is 24.5 Å². The molecule has 27 heavy (non-hydrogen) atoms. The molecule has 7 heteroatoms. The Morgan fingerprint density at radius 3 is 2.78 bits per heavy atom. The second kappa shape index (κ2) is 11.4. The van der Waals surface area contributed by atoms with Gasteiger partial charge < -0.3 is 25.4 Å². The molecule has 1 saturated carbocycles. The standard InChI is InChI=1S/C20H32N4O3/c1-4-21-20(24-13-19(25)22-9-10-26-3)23-12-17-8-5-15(2)11-18(17)27-14-16-6-7-16/h5,8,11,16H,4,6-7,9-10,12-14H2,1-3H3,(H,22,25)(H2,21,23,24). The van der Waals surface area contributed by atoms with E-state index in [1.807, 2.05) is 6.92 Å². The van der Waals surface area contributed by atoms with Crippen molar-refractivity contribution in [3.8, 4) is 5.75 Å². The summed E-state index contributed by atoms with van der Waals surface area (Å²) in [6, 6.07) is 6.19. The third-order valence-corrected chi connectivity index (χ3v) is 4.19. The van der Waals surface area contributed by atoms with Crippen molar-refractivity contribution in [2.75, 3.05) is 40.0 Å². The lowest BCUT2D eigenvalue weighted by atomic mass is 10.1. The van der Waals surface area contributed by atoms with Crippen LogP contribution in [0.15, 0.2) is 23.2 Å². The van der Waals surface area contributed by atoms with Gasteiger partial charge in [-0.2, -0.15) is 0 Å². The van der Waals surface area contributed by atoms with Crippen LogP contribution in [-0.4, -0.2) is 51.8 Å². The summed E-state index contributed by atoms with van der Waals surface area (Å²) < 4.78 is 10.9. The lowest BCUT2D eigenvalue weighted by molar-refractivity contribution is -0.120. The van der Waals surface area contributed by atoms with Crippen LogP contribution >= 0.6 is 0 Å². The molecule has 0 unspecified atom stereocenters. The van der Waals surface area contributed by atoms with Crippen LogP contribution in [0.25, 0.3) is 0 Å². The van der Waals surface area contributed by atoms with E-state index in [9.17, 15) is 4.79 Å². The summed E-state index contributed by atoms with van der Waals surface area (Å²) in [7, 11) is 1.61. The highest BCUT2D eigenvalue weighted by Gasteiger charge is 2.22. The topological polar surface area (TPSA) is 84.0 Å². The van der Waals surface area contributed by atoms with E-state index in [-0.39, 0.29) is 12.5 Å². The van der Waals surface area contributed by atoms with E-state index in [4.69, 9.17) is 9.47 Å². The fraction of sp³-hybridized carbons (Fsp3) is 0.600. The Hall–Kier alpha value is -2.28. The lowest BCUT2D eigenvalue weighted by Gasteiger charge is -2.13. The summed E-state index contributed by atoms with van der Waals surface area (Å²) in [6.45, 7) is 7.19.